The van der Waals surface area contributed by atoms with Crippen LogP contribution in [-0.4, -0.2) is 88.7 Å². The van der Waals surface area contributed by atoms with Crippen molar-refractivity contribution in [3.8, 4) is 27.6 Å². The van der Waals surface area contributed by atoms with Crippen LogP contribution in [0.5, 0.6) is 0 Å². The molecule has 13 nitrogen and oxygen atoms in total. The molecular weight excluding hydrogens is 1000 g/mol. The zero-order chi connectivity index (χ0) is 49.7. The standard InChI is InChI=1S/C27H26ClN3O3S.C19H16ClNO3.C8H12N2O.2CH4.H2S/c1-2-34-27(33)23-20(18-12-11-17(28)15-19(18)30-23)21-22(26(32)31-13-7-4-8-14-31)25(29)35-24(21)16-9-5-3-6-10-16;1-2-24-19(23)18-17(14-9-8-13(20)11-15(14)21-18)16(22)10-12-6-4-3-5-7-12;9-5-4-8(11)10-6-2-1-3-7-10;;;/h3,5-6,9-12,15,30H,2,4,7-8,13-14,29H2,1H3;3-9,11,21H,2,10H2,1H3;1-4,6-7H2;2*1H4;1H2. The number of benzene rings is 4. The Kier molecular flexibility index (Phi) is 22.7. The predicted octanol–water partition coefficient (Wildman–Crippen LogP) is 13.3. The molecule has 2 fully saturated rings. The number of thiophene rings is 1. The molecule has 386 valence electrons. The molecule has 2 aliphatic rings. The van der Waals surface area contributed by atoms with Gasteiger partial charge in [-0.25, -0.2) is 9.59 Å². The van der Waals surface area contributed by atoms with Crippen LogP contribution in [0.3, 0.4) is 0 Å². The lowest BCUT2D eigenvalue weighted by atomic mass is 9.94. The molecule has 2 aliphatic heterocycles. The number of ether oxygens (including phenoxy) is 2. The summed E-state index contributed by atoms with van der Waals surface area (Å²) in [7, 11) is 0. The second kappa shape index (κ2) is 28.0. The van der Waals surface area contributed by atoms with Gasteiger partial charge in [-0.1, -0.05) is 111 Å². The summed E-state index contributed by atoms with van der Waals surface area (Å²) in [5, 5.41) is 11.2. The van der Waals surface area contributed by atoms with E-state index in [0.29, 0.717) is 66.8 Å². The van der Waals surface area contributed by atoms with Crippen LogP contribution in [0.2, 0.25) is 10.0 Å². The summed E-state index contributed by atoms with van der Waals surface area (Å²) < 4.78 is 10.5. The third-order valence-electron chi connectivity index (χ3n) is 12.0. The van der Waals surface area contributed by atoms with Gasteiger partial charge >= 0.3 is 11.9 Å². The first kappa shape index (κ1) is 59.0. The van der Waals surface area contributed by atoms with E-state index in [9.17, 15) is 24.0 Å². The van der Waals surface area contributed by atoms with Crippen molar-refractivity contribution in [1.82, 2.24) is 19.8 Å². The fourth-order valence-corrected chi connectivity index (χ4v) is 10.2. The molecule has 0 unspecified atom stereocenters. The molecule has 4 N–H and O–H groups in total. The fourth-order valence-electron chi connectivity index (χ4n) is 8.74. The Morgan fingerprint density at radius 3 is 1.74 bits per heavy atom. The van der Waals surface area contributed by atoms with Gasteiger partial charge in [-0.15, -0.1) is 11.3 Å². The molecule has 2 saturated heterocycles. The lowest BCUT2D eigenvalue weighted by Crippen LogP contribution is -2.36. The van der Waals surface area contributed by atoms with Gasteiger partial charge in [-0.2, -0.15) is 18.8 Å². The van der Waals surface area contributed by atoms with E-state index in [1.165, 1.54) is 17.8 Å². The minimum atomic E-state index is -0.541. The summed E-state index contributed by atoms with van der Waals surface area (Å²) >= 11 is 13.6. The molecular formula is C56H64Cl2N6O7S2. The number of likely N-dealkylation sites (tertiary alicyclic amines) is 2. The number of anilines is 1. The number of rotatable bonds is 11. The van der Waals surface area contributed by atoms with Gasteiger partial charge in [0.15, 0.2) is 5.78 Å². The van der Waals surface area contributed by atoms with Crippen molar-refractivity contribution in [2.45, 2.75) is 80.1 Å². The SMILES string of the molecule is C.C.CCOC(=O)c1[nH]c2cc(Cl)ccc2c1-c1c(-c2ccccc2)sc(N)c1C(=O)N1CCCCC1.CCOC(=O)c1[nH]c2cc(Cl)ccc2c1C(=O)Cc1ccccc1.N#CCC(=O)N1CCCCC1.S. The monoisotopic (exact) mass is 1070 g/mol. The lowest BCUT2D eigenvalue weighted by molar-refractivity contribution is -0.131. The number of hydrogen-bond donors (Lipinski definition) is 3. The molecule has 7 aromatic rings. The average molecular weight is 1070 g/mol. The molecule has 3 aromatic heterocycles. The van der Waals surface area contributed by atoms with Crippen molar-refractivity contribution in [3.63, 3.8) is 0 Å². The number of carbonyl (C=O) groups is 5. The Morgan fingerprint density at radius 1 is 0.671 bits per heavy atom. The number of H-pyrrole nitrogens is 2. The molecule has 0 saturated carbocycles. The number of fused-ring (bicyclic) bond motifs is 2. The Labute approximate surface area is 448 Å². The number of piperidine rings is 2. The molecule has 73 heavy (non-hydrogen) atoms. The van der Waals surface area contributed by atoms with E-state index in [1.54, 1.807) is 49.1 Å². The number of aromatic nitrogens is 2. The molecule has 9 rings (SSSR count). The largest absolute Gasteiger partial charge is 0.461 e. The number of nitrogens with zero attached hydrogens (tertiary/aromatic N) is 3. The number of esters is 2. The maximum atomic E-state index is 13.9. The number of ketones is 1. The summed E-state index contributed by atoms with van der Waals surface area (Å²) in [4.78, 5) is 73.9. The van der Waals surface area contributed by atoms with E-state index in [2.05, 4.69) is 9.97 Å². The topological polar surface area (TPSA) is 192 Å². The summed E-state index contributed by atoms with van der Waals surface area (Å²) in [6.07, 6.45) is 6.71. The fraction of sp³-hybridized carbons (Fsp3) is 0.321. The third-order valence-corrected chi connectivity index (χ3v) is 13.5. The summed E-state index contributed by atoms with van der Waals surface area (Å²) in [5.74, 6) is -1.28. The predicted molar refractivity (Wildman–Crippen MR) is 300 cm³/mol. The van der Waals surface area contributed by atoms with Crippen molar-refractivity contribution in [2.24, 2.45) is 0 Å². The minimum Gasteiger partial charge on any atom is -0.461 e. The van der Waals surface area contributed by atoms with Crippen LogP contribution >= 0.6 is 48.0 Å². The first-order chi connectivity index (χ1) is 33.9. The van der Waals surface area contributed by atoms with Crippen molar-refractivity contribution in [1.29, 1.82) is 5.26 Å². The van der Waals surface area contributed by atoms with Crippen molar-refractivity contribution in [2.75, 3.05) is 45.1 Å². The molecule has 2 amide bonds. The zero-order valence-corrected chi connectivity index (χ0v) is 42.9. The van der Waals surface area contributed by atoms with Gasteiger partial charge in [0.1, 0.15) is 17.8 Å². The number of carbonyl (C=O) groups excluding carboxylic acids is 5. The van der Waals surface area contributed by atoms with Gasteiger partial charge in [0.05, 0.1) is 35.4 Å². The zero-order valence-electron chi connectivity index (χ0n) is 39.6. The third kappa shape index (κ3) is 14.1. The Balaban J connectivity index is 0.000000264. The lowest BCUT2D eigenvalue weighted by Gasteiger charge is -2.27. The van der Waals surface area contributed by atoms with Gasteiger partial charge in [0.2, 0.25) is 5.91 Å². The first-order valence-corrected chi connectivity index (χ1v) is 25.0. The number of amides is 2. The highest BCUT2D eigenvalue weighted by molar-refractivity contribution is 7.59. The van der Waals surface area contributed by atoms with Gasteiger partial charge in [0.25, 0.3) is 5.91 Å². The molecule has 0 radical (unpaired) electrons. The Bertz CT molecular complexity index is 3040. The quantitative estimate of drug-likeness (QED) is 0.0835. The highest BCUT2D eigenvalue weighted by Crippen LogP contribution is 2.49. The molecule has 0 bridgehead atoms. The highest BCUT2D eigenvalue weighted by Gasteiger charge is 2.33. The number of nitriles is 1. The molecule has 0 spiro atoms. The van der Waals surface area contributed by atoms with Crippen LogP contribution in [0.25, 0.3) is 43.4 Å². The Hall–Kier alpha value is -6.57. The van der Waals surface area contributed by atoms with Crippen LogP contribution in [-0.2, 0) is 20.7 Å². The van der Waals surface area contributed by atoms with E-state index >= 15 is 0 Å². The van der Waals surface area contributed by atoms with Gasteiger partial charge < -0.3 is 35.0 Å². The smallest absolute Gasteiger partial charge is 0.355 e. The number of hydrogen-bond acceptors (Lipinski definition) is 10. The van der Waals surface area contributed by atoms with Crippen molar-refractivity contribution in [3.05, 3.63) is 135 Å². The van der Waals surface area contributed by atoms with Gasteiger partial charge in [-0.05, 0) is 87.8 Å². The average Bonchev–Trinajstić information content (AvgIpc) is 4.06. The van der Waals surface area contributed by atoms with Crippen molar-refractivity contribution >= 4 is 104 Å². The second-order valence-electron chi connectivity index (χ2n) is 16.7. The van der Waals surface area contributed by atoms with Gasteiger partial charge in [0, 0.05) is 80.5 Å². The van der Waals surface area contributed by atoms with Crippen LogP contribution in [0, 0.1) is 11.3 Å². The number of Topliss-reactive ketones (excluding diaryl/α,β-unsaturated/α-hetero) is 1. The normalized spacial score (nSPS) is 12.8. The number of nitrogens with two attached hydrogens (primary N) is 1. The van der Waals surface area contributed by atoms with E-state index < -0.39 is 11.9 Å². The molecule has 0 atom stereocenters. The maximum absolute atomic E-state index is 13.9. The van der Waals surface area contributed by atoms with E-state index in [1.807, 2.05) is 77.7 Å². The number of nitrogens with one attached hydrogen (secondary N) is 2. The second-order valence-corrected chi connectivity index (χ2v) is 18.6. The number of aromatic amines is 2. The van der Waals surface area contributed by atoms with E-state index in [4.69, 9.17) is 43.7 Å². The maximum Gasteiger partial charge on any atom is 0.355 e. The highest BCUT2D eigenvalue weighted by atomic mass is 35.5. The molecule has 4 aromatic carbocycles. The van der Waals surface area contributed by atoms with Crippen molar-refractivity contribution < 1.29 is 33.4 Å². The van der Waals surface area contributed by atoms with Crippen LogP contribution in [0.15, 0.2) is 97.1 Å². The summed E-state index contributed by atoms with van der Waals surface area (Å²) in [6, 6.07) is 31.7. The molecule has 0 aliphatic carbocycles. The van der Waals surface area contributed by atoms with E-state index in [-0.39, 0.29) is 83.4 Å². The first-order valence-electron chi connectivity index (χ1n) is 23.4. The Morgan fingerprint density at radius 2 is 1.18 bits per heavy atom. The molecule has 5 heterocycles. The number of nitrogen functional groups attached to an aromatic ring is 1. The van der Waals surface area contributed by atoms with Crippen LogP contribution < -0.4 is 5.73 Å². The van der Waals surface area contributed by atoms with Gasteiger partial charge in [-0.3, -0.25) is 14.4 Å². The number of halogens is 2. The van der Waals surface area contributed by atoms with Crippen LogP contribution in [0.1, 0.15) is 121 Å². The van der Waals surface area contributed by atoms with E-state index in [0.717, 1.165) is 66.6 Å². The summed E-state index contributed by atoms with van der Waals surface area (Å²) in [6.45, 7) is 7.04. The minimum absolute atomic E-state index is 0. The van der Waals surface area contributed by atoms with Crippen LogP contribution in [0.4, 0.5) is 5.00 Å². The summed E-state index contributed by atoms with van der Waals surface area (Å²) in [5.41, 5.74) is 12.2. The molecule has 17 heteroatoms.